The molecule has 0 amide bonds. The van der Waals surface area contributed by atoms with Gasteiger partial charge in [0.15, 0.2) is 11.0 Å². The van der Waals surface area contributed by atoms with Gasteiger partial charge in [0.1, 0.15) is 23.2 Å². The molecule has 0 aliphatic rings. The highest BCUT2D eigenvalue weighted by Crippen LogP contribution is 2.29. The van der Waals surface area contributed by atoms with Crippen LogP contribution in [0.4, 0.5) is 5.82 Å². The highest BCUT2D eigenvalue weighted by molar-refractivity contribution is 7.98. The Hall–Kier alpha value is -3.05. The number of nitrogen functional groups attached to an aromatic ring is 1. The number of aryl methyl sites for hydroxylation is 2. The van der Waals surface area contributed by atoms with Crippen molar-refractivity contribution in [2.24, 2.45) is 0 Å². The lowest BCUT2D eigenvalue weighted by molar-refractivity contribution is 0.453. The van der Waals surface area contributed by atoms with Gasteiger partial charge in [0.25, 0.3) is 0 Å². The first-order chi connectivity index (χ1) is 13.3. The zero-order valence-corrected chi connectivity index (χ0v) is 17.3. The van der Waals surface area contributed by atoms with Gasteiger partial charge in [-0.1, -0.05) is 31.7 Å². The fourth-order valence-electron chi connectivity index (χ4n) is 2.79. The van der Waals surface area contributed by atoms with Crippen molar-refractivity contribution in [2.75, 3.05) is 12.0 Å². The van der Waals surface area contributed by atoms with Crippen LogP contribution in [0.3, 0.4) is 0 Å². The van der Waals surface area contributed by atoms with Crippen LogP contribution in [0, 0.1) is 25.2 Å². The monoisotopic (exact) mass is 394 g/mol. The lowest BCUT2D eigenvalue weighted by Gasteiger charge is -2.12. The minimum Gasteiger partial charge on any atom is -0.439 e. The molecular formula is C20H22N6OS. The second-order valence-corrected chi connectivity index (χ2v) is 7.53. The molecule has 0 radical (unpaired) electrons. The fraction of sp³-hybridized carbons (Fsp3) is 0.300. The maximum atomic E-state index is 9.26. The average Bonchev–Trinajstić information content (AvgIpc) is 2.94. The van der Waals surface area contributed by atoms with E-state index in [1.54, 1.807) is 13.0 Å². The summed E-state index contributed by atoms with van der Waals surface area (Å²) in [6.45, 7) is 8.05. The lowest BCUT2D eigenvalue weighted by atomic mass is 10.0. The molecule has 0 fully saturated rings. The Bertz CT molecular complexity index is 1070. The molecule has 0 atom stereocenters. The Kier molecular flexibility index (Phi) is 5.56. The number of anilines is 1. The van der Waals surface area contributed by atoms with E-state index in [2.05, 4.69) is 41.0 Å². The number of nitriles is 1. The third kappa shape index (κ3) is 3.94. The molecule has 2 N–H and O–H groups in total. The first kappa shape index (κ1) is 19.7. The van der Waals surface area contributed by atoms with Crippen molar-refractivity contribution < 1.29 is 4.74 Å². The molecule has 0 aliphatic carbocycles. The first-order valence-electron chi connectivity index (χ1n) is 8.80. The Labute approximate surface area is 168 Å². The Morgan fingerprint density at radius 3 is 2.54 bits per heavy atom. The number of hydrogen-bond donors (Lipinski definition) is 1. The third-order valence-corrected chi connectivity index (χ3v) is 4.79. The van der Waals surface area contributed by atoms with Crippen molar-refractivity contribution >= 4 is 17.6 Å². The second-order valence-electron chi connectivity index (χ2n) is 6.76. The van der Waals surface area contributed by atoms with Crippen LogP contribution in [0.25, 0.3) is 5.82 Å². The minimum atomic E-state index is 0.245. The molecule has 0 bridgehead atoms. The molecule has 0 saturated carbocycles. The molecule has 3 rings (SSSR count). The average molecular weight is 395 g/mol. The highest BCUT2D eigenvalue weighted by atomic mass is 32.2. The zero-order chi connectivity index (χ0) is 20.4. The summed E-state index contributed by atoms with van der Waals surface area (Å²) in [5.74, 6) is 2.19. The van der Waals surface area contributed by atoms with Gasteiger partial charge in [-0.15, -0.1) is 0 Å². The van der Waals surface area contributed by atoms with Crippen LogP contribution >= 0.6 is 11.8 Å². The van der Waals surface area contributed by atoms with Crippen molar-refractivity contribution in [3.63, 3.8) is 0 Å². The molecule has 144 valence electrons. The van der Waals surface area contributed by atoms with E-state index < -0.39 is 0 Å². The number of benzene rings is 1. The molecule has 2 heterocycles. The molecule has 28 heavy (non-hydrogen) atoms. The van der Waals surface area contributed by atoms with Crippen LogP contribution in [-0.2, 0) is 0 Å². The summed E-state index contributed by atoms with van der Waals surface area (Å²) in [4.78, 5) is 8.90. The van der Waals surface area contributed by atoms with Crippen molar-refractivity contribution in [2.45, 2.75) is 38.8 Å². The van der Waals surface area contributed by atoms with Gasteiger partial charge >= 0.3 is 0 Å². The summed E-state index contributed by atoms with van der Waals surface area (Å²) in [6.07, 6.45) is 1.88. The van der Waals surface area contributed by atoms with E-state index in [9.17, 15) is 5.26 Å². The van der Waals surface area contributed by atoms with E-state index in [1.165, 1.54) is 22.0 Å². The van der Waals surface area contributed by atoms with Gasteiger partial charge in [-0.2, -0.15) is 20.0 Å². The van der Waals surface area contributed by atoms with Crippen molar-refractivity contribution in [3.05, 3.63) is 46.6 Å². The smallest absolute Gasteiger partial charge is 0.225 e. The Morgan fingerprint density at radius 2 is 1.93 bits per heavy atom. The van der Waals surface area contributed by atoms with Gasteiger partial charge < -0.3 is 10.5 Å². The molecular weight excluding hydrogens is 372 g/mol. The first-order valence-corrected chi connectivity index (χ1v) is 10.0. The standard InChI is InChI=1S/C20H22N6OS/c1-11(2)14-6-12(3)7-15(8-14)27-18-9-17(23-20(24-18)28-5)26-19(22)16(10-21)13(4)25-26/h6-9,11H,22H2,1-5H3. The number of thioether (sulfide) groups is 1. The number of nitrogens with two attached hydrogens (primary N) is 1. The second kappa shape index (κ2) is 7.90. The molecule has 0 aliphatic heterocycles. The number of rotatable bonds is 5. The van der Waals surface area contributed by atoms with Crippen LogP contribution in [0.2, 0.25) is 0 Å². The van der Waals surface area contributed by atoms with Crippen LogP contribution in [0.15, 0.2) is 29.4 Å². The van der Waals surface area contributed by atoms with E-state index in [1.807, 2.05) is 25.3 Å². The molecule has 2 aromatic heterocycles. The Balaban J connectivity index is 2.05. The van der Waals surface area contributed by atoms with E-state index in [-0.39, 0.29) is 5.82 Å². The molecule has 3 aromatic rings. The zero-order valence-electron chi connectivity index (χ0n) is 16.5. The molecule has 0 saturated heterocycles. The van der Waals surface area contributed by atoms with Gasteiger partial charge in [-0.3, -0.25) is 0 Å². The quantitative estimate of drug-likeness (QED) is 0.506. The number of aromatic nitrogens is 4. The summed E-state index contributed by atoms with van der Waals surface area (Å²) in [5, 5.41) is 14.1. The van der Waals surface area contributed by atoms with Crippen LogP contribution in [-0.4, -0.2) is 26.0 Å². The molecule has 0 spiro atoms. The van der Waals surface area contributed by atoms with E-state index in [0.29, 0.717) is 39.8 Å². The Morgan fingerprint density at radius 1 is 1.18 bits per heavy atom. The molecule has 0 unspecified atom stereocenters. The van der Waals surface area contributed by atoms with E-state index in [0.717, 1.165) is 5.56 Å². The van der Waals surface area contributed by atoms with E-state index >= 15 is 0 Å². The van der Waals surface area contributed by atoms with Gasteiger partial charge in [0, 0.05) is 6.07 Å². The van der Waals surface area contributed by atoms with Crippen LogP contribution in [0.5, 0.6) is 11.6 Å². The van der Waals surface area contributed by atoms with E-state index in [4.69, 9.17) is 10.5 Å². The van der Waals surface area contributed by atoms with Crippen LogP contribution in [0.1, 0.15) is 42.1 Å². The topological polar surface area (TPSA) is 103 Å². The fourth-order valence-corrected chi connectivity index (χ4v) is 3.16. The number of ether oxygens (including phenoxy) is 1. The van der Waals surface area contributed by atoms with Crippen molar-refractivity contribution in [1.29, 1.82) is 5.26 Å². The predicted octanol–water partition coefficient (Wildman–Crippen LogP) is 4.37. The lowest BCUT2D eigenvalue weighted by Crippen LogP contribution is -2.07. The SMILES string of the molecule is CSc1nc(Oc2cc(C)cc(C(C)C)c2)cc(-n2nc(C)c(C#N)c2N)n1. The summed E-state index contributed by atoms with van der Waals surface area (Å²) in [5.41, 5.74) is 9.28. The highest BCUT2D eigenvalue weighted by Gasteiger charge is 2.17. The minimum absolute atomic E-state index is 0.245. The summed E-state index contributed by atoms with van der Waals surface area (Å²) >= 11 is 1.39. The normalized spacial score (nSPS) is 10.9. The summed E-state index contributed by atoms with van der Waals surface area (Å²) in [7, 11) is 0. The molecule has 8 heteroatoms. The van der Waals surface area contributed by atoms with Gasteiger partial charge in [0.05, 0.1) is 5.69 Å². The largest absolute Gasteiger partial charge is 0.439 e. The van der Waals surface area contributed by atoms with Crippen molar-refractivity contribution in [1.82, 2.24) is 19.7 Å². The van der Waals surface area contributed by atoms with Crippen molar-refractivity contribution in [3.8, 4) is 23.5 Å². The third-order valence-electron chi connectivity index (χ3n) is 4.24. The van der Waals surface area contributed by atoms with Gasteiger partial charge in [-0.25, -0.2) is 4.98 Å². The molecule has 7 nitrogen and oxygen atoms in total. The molecule has 1 aromatic carbocycles. The number of nitrogens with zero attached hydrogens (tertiary/aromatic N) is 5. The number of hydrogen-bond acceptors (Lipinski definition) is 7. The van der Waals surface area contributed by atoms with Gasteiger partial charge in [0.2, 0.25) is 5.88 Å². The predicted molar refractivity (Wildman–Crippen MR) is 110 cm³/mol. The summed E-state index contributed by atoms with van der Waals surface area (Å²) in [6, 6.07) is 9.86. The maximum absolute atomic E-state index is 9.26. The maximum Gasteiger partial charge on any atom is 0.225 e. The van der Waals surface area contributed by atoms with Crippen LogP contribution < -0.4 is 10.5 Å². The summed E-state index contributed by atoms with van der Waals surface area (Å²) < 4.78 is 7.49. The van der Waals surface area contributed by atoms with Gasteiger partial charge in [-0.05, 0) is 49.3 Å².